The Hall–Kier alpha value is -1.58. The Kier molecular flexibility index (Phi) is 4.18. The number of carbonyl (C=O) groups is 1. The van der Waals surface area contributed by atoms with Crippen LogP contribution in [0.4, 0.5) is 30.7 Å². The number of rotatable bonds is 4. The molecule has 0 unspecified atom stereocenters. The lowest BCUT2D eigenvalue weighted by Crippen LogP contribution is -2.55. The SMILES string of the molecule is O=C(C=C(O)c1cccs1)C(F)(F)C(F)(F)C(F)(F)F. The maximum atomic E-state index is 12.9. The molecule has 0 amide bonds. The van der Waals surface area contributed by atoms with Crippen LogP contribution in [-0.4, -0.2) is 28.9 Å². The highest BCUT2D eigenvalue weighted by atomic mass is 32.1. The van der Waals surface area contributed by atoms with E-state index in [4.69, 9.17) is 0 Å². The molecule has 20 heavy (non-hydrogen) atoms. The van der Waals surface area contributed by atoms with Crippen molar-refractivity contribution in [3.63, 3.8) is 0 Å². The van der Waals surface area contributed by atoms with Crippen LogP contribution in [0.3, 0.4) is 0 Å². The summed E-state index contributed by atoms with van der Waals surface area (Å²) in [7, 11) is 0. The number of aliphatic hydroxyl groups excluding tert-OH is 1. The molecular formula is C10H5F7O2S. The number of carbonyl (C=O) groups excluding carboxylic acids is 1. The molecular weight excluding hydrogens is 317 g/mol. The molecule has 0 aliphatic heterocycles. The van der Waals surface area contributed by atoms with Gasteiger partial charge in [0.15, 0.2) is 0 Å². The van der Waals surface area contributed by atoms with Gasteiger partial charge in [-0.1, -0.05) is 6.07 Å². The van der Waals surface area contributed by atoms with E-state index in [1.807, 2.05) is 0 Å². The van der Waals surface area contributed by atoms with E-state index in [2.05, 4.69) is 0 Å². The van der Waals surface area contributed by atoms with Crippen LogP contribution in [0.25, 0.3) is 5.76 Å². The number of allylic oxidation sites excluding steroid dienone is 1. The molecule has 1 rings (SSSR count). The number of hydrogen-bond acceptors (Lipinski definition) is 3. The van der Waals surface area contributed by atoms with Crippen molar-refractivity contribution in [2.24, 2.45) is 0 Å². The largest absolute Gasteiger partial charge is 0.506 e. The van der Waals surface area contributed by atoms with Gasteiger partial charge in [0.05, 0.1) is 4.88 Å². The third kappa shape index (κ3) is 2.79. The molecule has 0 aliphatic carbocycles. The first-order valence-electron chi connectivity index (χ1n) is 4.72. The number of thiophene rings is 1. The first-order valence-corrected chi connectivity index (χ1v) is 5.60. The van der Waals surface area contributed by atoms with Gasteiger partial charge < -0.3 is 5.11 Å². The zero-order chi connectivity index (χ0) is 15.8. The summed E-state index contributed by atoms with van der Waals surface area (Å²) in [5.41, 5.74) is 0. The van der Waals surface area contributed by atoms with E-state index >= 15 is 0 Å². The Morgan fingerprint density at radius 1 is 1.15 bits per heavy atom. The topological polar surface area (TPSA) is 37.3 Å². The van der Waals surface area contributed by atoms with Gasteiger partial charge >= 0.3 is 18.0 Å². The molecule has 0 saturated carbocycles. The molecule has 0 atom stereocenters. The summed E-state index contributed by atoms with van der Waals surface area (Å²) in [5.74, 6) is -16.5. The Morgan fingerprint density at radius 3 is 2.10 bits per heavy atom. The average molecular weight is 322 g/mol. The van der Waals surface area contributed by atoms with Gasteiger partial charge in [0, 0.05) is 6.08 Å². The Balaban J connectivity index is 3.11. The number of alkyl halides is 7. The van der Waals surface area contributed by atoms with Crippen LogP contribution < -0.4 is 0 Å². The first kappa shape index (κ1) is 16.5. The Labute approximate surface area is 111 Å². The lowest BCUT2D eigenvalue weighted by molar-refractivity contribution is -0.342. The van der Waals surface area contributed by atoms with Crippen LogP contribution in [0.15, 0.2) is 23.6 Å². The zero-order valence-corrected chi connectivity index (χ0v) is 10.0. The van der Waals surface area contributed by atoms with E-state index in [-0.39, 0.29) is 11.0 Å². The van der Waals surface area contributed by atoms with E-state index in [1.165, 1.54) is 11.4 Å². The maximum absolute atomic E-state index is 12.9. The third-order valence-electron chi connectivity index (χ3n) is 2.10. The van der Waals surface area contributed by atoms with Gasteiger partial charge in [0.1, 0.15) is 5.76 Å². The van der Waals surface area contributed by atoms with E-state index in [0.717, 1.165) is 17.4 Å². The summed E-state index contributed by atoms with van der Waals surface area (Å²) >= 11 is 0.772. The predicted molar refractivity (Wildman–Crippen MR) is 55.9 cm³/mol. The fraction of sp³-hybridized carbons (Fsp3) is 0.300. The standard InChI is InChI=1S/C10H5F7O2S/c11-8(12,9(13,14)10(15,16)17)7(19)4-5(18)6-2-1-3-20-6/h1-4,18H. The second kappa shape index (κ2) is 5.08. The van der Waals surface area contributed by atoms with Crippen LogP contribution in [0, 0.1) is 0 Å². The smallest absolute Gasteiger partial charge is 0.460 e. The minimum absolute atomic E-state index is 0.135. The van der Waals surface area contributed by atoms with Gasteiger partial charge in [0.25, 0.3) is 0 Å². The monoisotopic (exact) mass is 322 g/mol. The molecule has 0 aliphatic rings. The predicted octanol–water partition coefficient (Wildman–Crippen LogP) is 4.05. The van der Waals surface area contributed by atoms with Crippen molar-refractivity contribution in [3.05, 3.63) is 28.5 Å². The van der Waals surface area contributed by atoms with Crippen molar-refractivity contribution in [1.82, 2.24) is 0 Å². The summed E-state index contributed by atoms with van der Waals surface area (Å²) in [6.45, 7) is 0. The van der Waals surface area contributed by atoms with E-state index in [9.17, 15) is 40.6 Å². The highest BCUT2D eigenvalue weighted by Crippen LogP contribution is 2.47. The normalized spacial score (nSPS) is 14.4. The molecule has 1 aromatic rings. The molecule has 2 nitrogen and oxygen atoms in total. The quantitative estimate of drug-likeness (QED) is 0.516. The second-order valence-corrected chi connectivity index (χ2v) is 4.47. The van der Waals surface area contributed by atoms with Crippen LogP contribution in [0.2, 0.25) is 0 Å². The molecule has 0 aromatic carbocycles. The minimum atomic E-state index is -6.60. The van der Waals surface area contributed by atoms with Gasteiger partial charge in [-0.05, 0) is 11.4 Å². The van der Waals surface area contributed by atoms with Gasteiger partial charge in [-0.25, -0.2) is 0 Å². The van der Waals surface area contributed by atoms with Crippen LogP contribution in [-0.2, 0) is 4.79 Å². The van der Waals surface area contributed by atoms with Gasteiger partial charge in [0.2, 0.25) is 5.78 Å². The fourth-order valence-electron chi connectivity index (χ4n) is 1.04. The van der Waals surface area contributed by atoms with Crippen LogP contribution >= 0.6 is 11.3 Å². The molecule has 0 radical (unpaired) electrons. The molecule has 1 heterocycles. The van der Waals surface area contributed by atoms with Crippen molar-refractivity contribution >= 4 is 22.9 Å². The molecule has 0 fully saturated rings. The van der Waals surface area contributed by atoms with E-state index in [0.29, 0.717) is 0 Å². The summed E-state index contributed by atoms with van der Waals surface area (Å²) in [4.78, 5) is 10.8. The van der Waals surface area contributed by atoms with Crippen LogP contribution in [0.5, 0.6) is 0 Å². The highest BCUT2D eigenvalue weighted by Gasteiger charge is 2.75. The van der Waals surface area contributed by atoms with Crippen molar-refractivity contribution < 1.29 is 40.6 Å². The third-order valence-corrected chi connectivity index (χ3v) is 2.99. The van der Waals surface area contributed by atoms with Crippen molar-refractivity contribution in [2.45, 2.75) is 18.0 Å². The average Bonchev–Trinajstić information content (AvgIpc) is 2.80. The fourth-order valence-corrected chi connectivity index (χ4v) is 1.68. The van der Waals surface area contributed by atoms with E-state index in [1.54, 1.807) is 0 Å². The van der Waals surface area contributed by atoms with Crippen LogP contribution in [0.1, 0.15) is 4.88 Å². The van der Waals surface area contributed by atoms with Crippen molar-refractivity contribution in [3.8, 4) is 0 Å². The number of ketones is 1. The summed E-state index contributed by atoms with van der Waals surface area (Å²) in [5, 5.41) is 10.6. The summed E-state index contributed by atoms with van der Waals surface area (Å²) < 4.78 is 86.4. The minimum Gasteiger partial charge on any atom is -0.506 e. The molecule has 0 saturated heterocycles. The first-order chi connectivity index (χ1) is 8.91. The van der Waals surface area contributed by atoms with Gasteiger partial charge in [-0.15, -0.1) is 11.3 Å². The number of halogens is 7. The lowest BCUT2D eigenvalue weighted by Gasteiger charge is -2.26. The van der Waals surface area contributed by atoms with Crippen molar-refractivity contribution in [2.75, 3.05) is 0 Å². The lowest BCUT2D eigenvalue weighted by atomic mass is 10.1. The zero-order valence-electron chi connectivity index (χ0n) is 9.22. The van der Waals surface area contributed by atoms with Gasteiger partial charge in [-0.2, -0.15) is 30.7 Å². The molecule has 112 valence electrons. The summed E-state index contributed by atoms with van der Waals surface area (Å²) in [6.07, 6.45) is -6.95. The number of hydrogen-bond donors (Lipinski definition) is 1. The molecule has 1 N–H and O–H groups in total. The molecule has 0 bridgehead atoms. The van der Waals surface area contributed by atoms with Gasteiger partial charge in [-0.3, -0.25) is 4.79 Å². The molecule has 0 spiro atoms. The van der Waals surface area contributed by atoms with E-state index < -0.39 is 29.6 Å². The Morgan fingerprint density at radius 2 is 1.70 bits per heavy atom. The summed E-state index contributed by atoms with van der Waals surface area (Å²) in [6, 6.07) is 2.50. The second-order valence-electron chi connectivity index (χ2n) is 3.52. The number of aliphatic hydroxyl groups is 1. The van der Waals surface area contributed by atoms with Crippen molar-refractivity contribution in [1.29, 1.82) is 0 Å². The molecule has 1 aromatic heterocycles. The Bertz CT molecular complexity index is 516. The maximum Gasteiger partial charge on any atom is 0.460 e. The molecule has 10 heteroatoms. The highest BCUT2D eigenvalue weighted by molar-refractivity contribution is 7.11.